The van der Waals surface area contributed by atoms with E-state index < -0.39 is 15.9 Å². The standard InChI is InChI=1S/C13H17NO3S/c1-4-5-6-13(15)14-18(16,17)12-9-10(2)7-8-11(12)3/h4,7-9H,1,5-6H2,2-3H3,(H,14,15). The number of benzene rings is 1. The van der Waals surface area contributed by atoms with Crippen LogP contribution in [0.4, 0.5) is 0 Å². The van der Waals surface area contributed by atoms with E-state index in [0.29, 0.717) is 12.0 Å². The number of hydrogen-bond donors (Lipinski definition) is 1. The van der Waals surface area contributed by atoms with E-state index in [9.17, 15) is 13.2 Å². The van der Waals surface area contributed by atoms with Crippen LogP contribution in [0.25, 0.3) is 0 Å². The van der Waals surface area contributed by atoms with Crippen LogP contribution < -0.4 is 4.72 Å². The van der Waals surface area contributed by atoms with Crippen LogP contribution in [0.15, 0.2) is 35.7 Å². The van der Waals surface area contributed by atoms with Crippen molar-refractivity contribution >= 4 is 15.9 Å². The Morgan fingerprint density at radius 3 is 2.67 bits per heavy atom. The van der Waals surface area contributed by atoms with E-state index in [1.807, 2.05) is 6.07 Å². The first kappa shape index (κ1) is 14.4. The Morgan fingerprint density at radius 1 is 1.39 bits per heavy atom. The molecular weight excluding hydrogens is 250 g/mol. The summed E-state index contributed by atoms with van der Waals surface area (Å²) in [6.45, 7) is 6.98. The highest BCUT2D eigenvalue weighted by Crippen LogP contribution is 2.16. The van der Waals surface area contributed by atoms with Crippen molar-refractivity contribution < 1.29 is 13.2 Å². The van der Waals surface area contributed by atoms with Crippen molar-refractivity contribution in [2.75, 3.05) is 0 Å². The molecule has 1 N–H and O–H groups in total. The van der Waals surface area contributed by atoms with Crippen LogP contribution in [0.3, 0.4) is 0 Å². The molecule has 1 aromatic rings. The first-order valence-electron chi connectivity index (χ1n) is 5.60. The summed E-state index contributed by atoms with van der Waals surface area (Å²) >= 11 is 0. The van der Waals surface area contributed by atoms with Gasteiger partial charge in [-0.1, -0.05) is 18.2 Å². The predicted molar refractivity (Wildman–Crippen MR) is 70.7 cm³/mol. The Labute approximate surface area is 108 Å². The molecule has 0 saturated heterocycles. The molecule has 1 rings (SSSR count). The van der Waals surface area contributed by atoms with Crippen molar-refractivity contribution in [1.82, 2.24) is 4.72 Å². The second-order valence-electron chi connectivity index (χ2n) is 4.12. The maximum absolute atomic E-state index is 12.0. The van der Waals surface area contributed by atoms with Crippen molar-refractivity contribution in [1.29, 1.82) is 0 Å². The predicted octanol–water partition coefficient (Wildman–Crippen LogP) is 2.07. The van der Waals surface area contributed by atoms with Gasteiger partial charge in [0.2, 0.25) is 5.91 Å². The van der Waals surface area contributed by atoms with Crippen LogP contribution in [0, 0.1) is 13.8 Å². The molecule has 1 amide bonds. The molecular formula is C13H17NO3S. The normalized spacial score (nSPS) is 11.0. The van der Waals surface area contributed by atoms with E-state index in [0.717, 1.165) is 5.56 Å². The molecule has 0 heterocycles. The van der Waals surface area contributed by atoms with Crippen LogP contribution in [0.2, 0.25) is 0 Å². The summed E-state index contributed by atoms with van der Waals surface area (Å²) < 4.78 is 26.1. The maximum Gasteiger partial charge on any atom is 0.264 e. The number of sulfonamides is 1. The minimum atomic E-state index is -3.78. The number of hydrogen-bond acceptors (Lipinski definition) is 3. The molecule has 0 saturated carbocycles. The topological polar surface area (TPSA) is 63.2 Å². The molecule has 0 aliphatic heterocycles. The molecule has 1 aromatic carbocycles. The third-order valence-corrected chi connectivity index (χ3v) is 3.97. The molecule has 0 aliphatic rings. The molecule has 4 nitrogen and oxygen atoms in total. The number of amides is 1. The highest BCUT2D eigenvalue weighted by atomic mass is 32.2. The van der Waals surface area contributed by atoms with Crippen molar-refractivity contribution in [2.45, 2.75) is 31.6 Å². The summed E-state index contributed by atoms with van der Waals surface area (Å²) in [6, 6.07) is 5.10. The highest BCUT2D eigenvalue weighted by Gasteiger charge is 2.19. The zero-order valence-electron chi connectivity index (χ0n) is 10.6. The van der Waals surface area contributed by atoms with Gasteiger partial charge in [0.1, 0.15) is 0 Å². The first-order chi connectivity index (χ1) is 8.36. The van der Waals surface area contributed by atoms with Gasteiger partial charge in [-0.2, -0.15) is 0 Å². The minimum absolute atomic E-state index is 0.119. The van der Waals surface area contributed by atoms with E-state index in [1.165, 1.54) is 0 Å². The molecule has 0 radical (unpaired) electrons. The molecule has 0 fully saturated rings. The Balaban J connectivity index is 2.96. The van der Waals surface area contributed by atoms with Gasteiger partial charge in [0.05, 0.1) is 4.90 Å². The zero-order chi connectivity index (χ0) is 13.8. The van der Waals surface area contributed by atoms with Gasteiger partial charge in [0, 0.05) is 6.42 Å². The fourth-order valence-corrected chi connectivity index (χ4v) is 2.83. The third-order valence-electron chi connectivity index (χ3n) is 2.46. The SMILES string of the molecule is C=CCCC(=O)NS(=O)(=O)c1cc(C)ccc1C. The van der Waals surface area contributed by atoms with E-state index in [2.05, 4.69) is 11.3 Å². The average Bonchev–Trinajstić information content (AvgIpc) is 2.29. The summed E-state index contributed by atoms with van der Waals surface area (Å²) in [4.78, 5) is 11.6. The second kappa shape index (κ2) is 5.82. The average molecular weight is 267 g/mol. The van der Waals surface area contributed by atoms with Crippen molar-refractivity contribution in [3.63, 3.8) is 0 Å². The fraction of sp³-hybridized carbons (Fsp3) is 0.308. The maximum atomic E-state index is 12.0. The largest absolute Gasteiger partial charge is 0.274 e. The number of nitrogens with one attached hydrogen (secondary N) is 1. The van der Waals surface area contributed by atoms with Gasteiger partial charge in [0.25, 0.3) is 10.0 Å². The molecule has 18 heavy (non-hydrogen) atoms. The lowest BCUT2D eigenvalue weighted by Gasteiger charge is -2.09. The molecule has 0 aromatic heterocycles. The summed E-state index contributed by atoms with van der Waals surface area (Å²) in [7, 11) is -3.78. The number of allylic oxidation sites excluding steroid dienone is 1. The van der Waals surface area contributed by atoms with Gasteiger partial charge in [-0.15, -0.1) is 6.58 Å². The van der Waals surface area contributed by atoms with Crippen LogP contribution in [-0.4, -0.2) is 14.3 Å². The Hall–Kier alpha value is -1.62. The Kier molecular flexibility index (Phi) is 4.67. The van der Waals surface area contributed by atoms with Gasteiger partial charge < -0.3 is 0 Å². The van der Waals surface area contributed by atoms with Crippen molar-refractivity contribution in [3.8, 4) is 0 Å². The van der Waals surface area contributed by atoms with Gasteiger partial charge in [-0.05, 0) is 37.5 Å². The first-order valence-corrected chi connectivity index (χ1v) is 7.09. The van der Waals surface area contributed by atoms with Crippen LogP contribution in [0.5, 0.6) is 0 Å². The summed E-state index contributed by atoms with van der Waals surface area (Å²) in [5.41, 5.74) is 1.45. The fourth-order valence-electron chi connectivity index (χ4n) is 1.49. The zero-order valence-corrected chi connectivity index (χ0v) is 11.4. The number of carbonyl (C=O) groups is 1. The second-order valence-corrected chi connectivity index (χ2v) is 5.78. The quantitative estimate of drug-likeness (QED) is 0.831. The van der Waals surface area contributed by atoms with E-state index in [1.54, 1.807) is 32.1 Å². The van der Waals surface area contributed by atoms with Gasteiger partial charge in [0.15, 0.2) is 0 Å². The van der Waals surface area contributed by atoms with Gasteiger partial charge >= 0.3 is 0 Å². The molecule has 0 atom stereocenters. The summed E-state index contributed by atoms with van der Waals surface area (Å²) in [6.07, 6.45) is 2.14. The lowest BCUT2D eigenvalue weighted by Crippen LogP contribution is -2.30. The molecule has 5 heteroatoms. The minimum Gasteiger partial charge on any atom is -0.274 e. The number of carbonyl (C=O) groups excluding carboxylic acids is 1. The molecule has 0 unspecified atom stereocenters. The summed E-state index contributed by atoms with van der Waals surface area (Å²) in [5, 5.41) is 0. The highest BCUT2D eigenvalue weighted by molar-refractivity contribution is 7.90. The smallest absolute Gasteiger partial charge is 0.264 e. The van der Waals surface area contributed by atoms with E-state index >= 15 is 0 Å². The molecule has 0 bridgehead atoms. The van der Waals surface area contributed by atoms with Crippen LogP contribution >= 0.6 is 0 Å². The van der Waals surface area contributed by atoms with Crippen molar-refractivity contribution in [3.05, 3.63) is 42.0 Å². The Morgan fingerprint density at radius 2 is 2.06 bits per heavy atom. The van der Waals surface area contributed by atoms with E-state index in [4.69, 9.17) is 0 Å². The van der Waals surface area contributed by atoms with E-state index in [-0.39, 0.29) is 11.3 Å². The van der Waals surface area contributed by atoms with Gasteiger partial charge in [-0.25, -0.2) is 13.1 Å². The number of rotatable bonds is 5. The molecule has 0 spiro atoms. The monoisotopic (exact) mass is 267 g/mol. The van der Waals surface area contributed by atoms with Crippen molar-refractivity contribution in [2.24, 2.45) is 0 Å². The molecule has 0 aliphatic carbocycles. The lowest BCUT2D eigenvalue weighted by molar-refractivity contribution is -0.119. The van der Waals surface area contributed by atoms with Crippen LogP contribution in [-0.2, 0) is 14.8 Å². The summed E-state index contributed by atoms with van der Waals surface area (Å²) in [5.74, 6) is -0.518. The third kappa shape index (κ3) is 3.70. The van der Waals surface area contributed by atoms with Gasteiger partial charge in [-0.3, -0.25) is 4.79 Å². The van der Waals surface area contributed by atoms with Crippen LogP contribution in [0.1, 0.15) is 24.0 Å². The number of aryl methyl sites for hydroxylation is 2. The molecule has 98 valence electrons. The Bertz CT molecular complexity index is 562. The lowest BCUT2D eigenvalue weighted by atomic mass is 10.2.